The van der Waals surface area contributed by atoms with E-state index < -0.39 is 6.10 Å². The van der Waals surface area contributed by atoms with Crippen LogP contribution in [0.15, 0.2) is 0 Å². The van der Waals surface area contributed by atoms with E-state index in [0.29, 0.717) is 6.61 Å². The van der Waals surface area contributed by atoms with Gasteiger partial charge in [-0.1, -0.05) is 19.8 Å². The van der Waals surface area contributed by atoms with Gasteiger partial charge in [0.15, 0.2) is 0 Å². The molecule has 0 spiro atoms. The molecule has 0 amide bonds. The number of aliphatic hydroxyl groups is 1. The molecule has 15 heavy (non-hydrogen) atoms. The number of hydrogen-bond donors (Lipinski definition) is 1. The molecule has 0 aromatic heterocycles. The van der Waals surface area contributed by atoms with Gasteiger partial charge in [-0.15, -0.1) is 0 Å². The van der Waals surface area contributed by atoms with Crippen LogP contribution in [0.2, 0.25) is 0 Å². The van der Waals surface area contributed by atoms with Gasteiger partial charge < -0.3 is 9.84 Å². The molecule has 1 N–H and O–H groups in total. The Labute approximate surface area is 92.5 Å². The molecule has 0 heterocycles. The molecule has 4 heteroatoms. The van der Waals surface area contributed by atoms with E-state index in [1.54, 1.807) is 6.92 Å². The van der Waals surface area contributed by atoms with Crippen molar-refractivity contribution < 1.29 is 19.6 Å². The average Bonchev–Trinajstić information content (AvgIpc) is 2.17. The summed E-state index contributed by atoms with van der Waals surface area (Å²) in [6.07, 6.45) is 2.91. The summed E-state index contributed by atoms with van der Waals surface area (Å²) in [5.41, 5.74) is 0. The predicted molar refractivity (Wildman–Crippen MR) is 58.5 cm³/mol. The van der Waals surface area contributed by atoms with E-state index in [0.717, 1.165) is 13.0 Å². The van der Waals surface area contributed by atoms with Crippen LogP contribution in [0.4, 0.5) is 0 Å². The fourth-order valence-electron chi connectivity index (χ4n) is 0.985. The number of hydrogen-bond acceptors (Lipinski definition) is 4. The highest BCUT2D eigenvalue weighted by atomic mass is 17.2. The van der Waals surface area contributed by atoms with Crippen molar-refractivity contribution in [1.29, 1.82) is 0 Å². The highest BCUT2D eigenvalue weighted by molar-refractivity contribution is 4.45. The third-order valence-corrected chi connectivity index (χ3v) is 1.79. The molecule has 4 nitrogen and oxygen atoms in total. The van der Waals surface area contributed by atoms with Gasteiger partial charge in [-0.2, -0.15) is 0 Å². The number of unbranched alkanes of at least 4 members (excludes halogenated alkanes) is 2. The maximum Gasteiger partial charge on any atom is 0.113 e. The van der Waals surface area contributed by atoms with E-state index in [2.05, 4.69) is 6.92 Å². The Hall–Kier alpha value is -0.160. The van der Waals surface area contributed by atoms with E-state index in [9.17, 15) is 0 Å². The van der Waals surface area contributed by atoms with E-state index in [-0.39, 0.29) is 12.7 Å². The monoisotopic (exact) mass is 220 g/mol. The summed E-state index contributed by atoms with van der Waals surface area (Å²) in [7, 11) is 0. The Morgan fingerprint density at radius 1 is 1.13 bits per heavy atom. The zero-order valence-electron chi connectivity index (χ0n) is 10.1. The zero-order chi connectivity index (χ0) is 11.5. The van der Waals surface area contributed by atoms with Crippen molar-refractivity contribution in [2.24, 2.45) is 0 Å². The van der Waals surface area contributed by atoms with Gasteiger partial charge in [0, 0.05) is 6.61 Å². The lowest BCUT2D eigenvalue weighted by molar-refractivity contribution is -0.334. The number of ether oxygens (including phenoxy) is 1. The van der Waals surface area contributed by atoms with Crippen molar-refractivity contribution in [2.75, 3.05) is 19.8 Å². The van der Waals surface area contributed by atoms with E-state index >= 15 is 0 Å². The molecule has 0 aromatic carbocycles. The second-order valence-electron chi connectivity index (χ2n) is 3.82. The maximum absolute atomic E-state index is 8.90. The molecule has 0 radical (unpaired) electrons. The molecule has 0 aliphatic rings. The van der Waals surface area contributed by atoms with Gasteiger partial charge in [0.1, 0.15) is 12.7 Å². The molecule has 2 unspecified atom stereocenters. The van der Waals surface area contributed by atoms with Gasteiger partial charge >= 0.3 is 0 Å². The Morgan fingerprint density at radius 3 is 2.47 bits per heavy atom. The van der Waals surface area contributed by atoms with E-state index in [4.69, 9.17) is 19.6 Å². The van der Waals surface area contributed by atoms with Crippen LogP contribution in [0.3, 0.4) is 0 Å². The minimum Gasteiger partial charge on any atom is -0.391 e. The predicted octanol–water partition coefficient (Wildman–Crippen LogP) is 1.91. The quantitative estimate of drug-likeness (QED) is 0.347. The van der Waals surface area contributed by atoms with Crippen LogP contribution in [-0.4, -0.2) is 37.1 Å². The van der Waals surface area contributed by atoms with Gasteiger partial charge in [-0.3, -0.25) is 0 Å². The average molecular weight is 220 g/mol. The Kier molecular flexibility index (Phi) is 10.3. The standard InChI is InChI=1S/C11H24O4/c1-4-5-6-7-13-9-11(3)15-14-8-10(2)12/h10-12H,4-9H2,1-3H3. The summed E-state index contributed by atoms with van der Waals surface area (Å²) in [5.74, 6) is 0. The molecule has 0 fully saturated rings. The van der Waals surface area contributed by atoms with Gasteiger partial charge in [-0.25, -0.2) is 9.78 Å². The first-order valence-corrected chi connectivity index (χ1v) is 5.70. The Balaban J connectivity index is 3.15. The van der Waals surface area contributed by atoms with E-state index in [1.165, 1.54) is 12.8 Å². The minimum absolute atomic E-state index is 0.0922. The van der Waals surface area contributed by atoms with Crippen molar-refractivity contribution in [1.82, 2.24) is 0 Å². The van der Waals surface area contributed by atoms with Crippen LogP contribution in [0.5, 0.6) is 0 Å². The molecule has 0 saturated carbocycles. The highest BCUT2D eigenvalue weighted by Gasteiger charge is 2.04. The Morgan fingerprint density at radius 2 is 1.87 bits per heavy atom. The van der Waals surface area contributed by atoms with E-state index in [1.807, 2.05) is 6.92 Å². The van der Waals surface area contributed by atoms with Crippen molar-refractivity contribution in [3.05, 3.63) is 0 Å². The molecule has 92 valence electrons. The third kappa shape index (κ3) is 11.8. The summed E-state index contributed by atoms with van der Waals surface area (Å²) in [6.45, 7) is 7.19. The van der Waals surface area contributed by atoms with Crippen molar-refractivity contribution in [2.45, 2.75) is 52.2 Å². The maximum atomic E-state index is 8.90. The molecule has 0 aromatic rings. The molecule has 0 bridgehead atoms. The minimum atomic E-state index is -0.498. The topological polar surface area (TPSA) is 47.9 Å². The number of rotatable bonds is 10. The lowest BCUT2D eigenvalue weighted by Gasteiger charge is -2.13. The molecule has 0 saturated heterocycles. The molecule has 0 rings (SSSR count). The third-order valence-electron chi connectivity index (χ3n) is 1.79. The van der Waals surface area contributed by atoms with Gasteiger partial charge in [0.2, 0.25) is 0 Å². The van der Waals surface area contributed by atoms with Crippen LogP contribution in [0.1, 0.15) is 40.0 Å². The first-order chi connectivity index (χ1) is 7.16. The van der Waals surface area contributed by atoms with Crippen LogP contribution in [0, 0.1) is 0 Å². The molecular weight excluding hydrogens is 196 g/mol. The van der Waals surface area contributed by atoms with Crippen molar-refractivity contribution >= 4 is 0 Å². The van der Waals surface area contributed by atoms with Crippen LogP contribution in [-0.2, 0) is 14.5 Å². The van der Waals surface area contributed by atoms with Crippen LogP contribution < -0.4 is 0 Å². The number of aliphatic hydroxyl groups excluding tert-OH is 1. The zero-order valence-corrected chi connectivity index (χ0v) is 10.1. The van der Waals surface area contributed by atoms with Crippen molar-refractivity contribution in [3.8, 4) is 0 Å². The van der Waals surface area contributed by atoms with Crippen LogP contribution in [0.25, 0.3) is 0 Å². The van der Waals surface area contributed by atoms with Gasteiger partial charge in [0.05, 0.1) is 12.7 Å². The summed E-state index contributed by atoms with van der Waals surface area (Å²) >= 11 is 0. The first kappa shape index (κ1) is 14.8. The van der Waals surface area contributed by atoms with Crippen LogP contribution >= 0.6 is 0 Å². The lowest BCUT2D eigenvalue weighted by atomic mass is 10.3. The first-order valence-electron chi connectivity index (χ1n) is 5.70. The molecule has 0 aliphatic heterocycles. The largest absolute Gasteiger partial charge is 0.391 e. The summed E-state index contributed by atoms with van der Waals surface area (Å²) in [4.78, 5) is 9.78. The molecule has 0 aliphatic carbocycles. The summed E-state index contributed by atoms with van der Waals surface area (Å²) in [5, 5.41) is 8.90. The van der Waals surface area contributed by atoms with Crippen molar-refractivity contribution in [3.63, 3.8) is 0 Å². The summed E-state index contributed by atoms with van der Waals surface area (Å²) in [6, 6.07) is 0. The Bertz CT molecular complexity index is 128. The van der Waals surface area contributed by atoms with Gasteiger partial charge in [-0.05, 0) is 20.3 Å². The second-order valence-corrected chi connectivity index (χ2v) is 3.82. The SMILES string of the molecule is CCCCCOCC(C)OOCC(C)O. The fourth-order valence-corrected chi connectivity index (χ4v) is 0.985. The molecular formula is C11H24O4. The summed E-state index contributed by atoms with van der Waals surface area (Å²) < 4.78 is 5.39. The smallest absolute Gasteiger partial charge is 0.113 e. The fraction of sp³-hybridized carbons (Fsp3) is 1.00. The lowest BCUT2D eigenvalue weighted by Crippen LogP contribution is -2.20. The highest BCUT2D eigenvalue weighted by Crippen LogP contribution is 1.98. The second kappa shape index (κ2) is 10.4. The van der Waals surface area contributed by atoms with Gasteiger partial charge in [0.25, 0.3) is 0 Å². The molecule has 2 atom stereocenters. The normalized spacial score (nSPS) is 15.2.